The summed E-state index contributed by atoms with van der Waals surface area (Å²) < 4.78 is 17.9. The first-order valence-electron chi connectivity index (χ1n) is 18.4. The number of piperidine rings is 1. The van der Waals surface area contributed by atoms with Gasteiger partial charge in [-0.15, -0.1) is 0 Å². The van der Waals surface area contributed by atoms with Crippen LogP contribution in [-0.4, -0.2) is 71.7 Å². The normalized spacial score (nSPS) is 21.1. The monoisotopic (exact) mass is 773 g/mol. The molecule has 3 N–H and O–H groups in total. The third-order valence-corrected chi connectivity index (χ3v) is 11.5. The summed E-state index contributed by atoms with van der Waals surface area (Å²) in [5, 5.41) is 17.1. The molecule has 3 aliphatic rings. The molecule has 4 aromatic rings. The van der Waals surface area contributed by atoms with E-state index < -0.39 is 11.4 Å². The van der Waals surface area contributed by atoms with Gasteiger partial charge in [-0.1, -0.05) is 65.7 Å². The highest BCUT2D eigenvalue weighted by atomic mass is 35.5. The molecule has 284 valence electrons. The number of nitrogens with one attached hydrogen (secondary N) is 2. The molecular weight excluding hydrogens is 729 g/mol. The Labute approximate surface area is 325 Å². The van der Waals surface area contributed by atoms with Crippen molar-refractivity contribution < 1.29 is 28.9 Å². The summed E-state index contributed by atoms with van der Waals surface area (Å²) in [7, 11) is 3.17. The van der Waals surface area contributed by atoms with Gasteiger partial charge in [0.1, 0.15) is 11.1 Å². The molecule has 1 amide bonds. The number of amides is 1. The third kappa shape index (κ3) is 7.86. The van der Waals surface area contributed by atoms with Crippen molar-refractivity contribution in [2.24, 2.45) is 5.41 Å². The fourth-order valence-corrected chi connectivity index (χ4v) is 8.51. The molecule has 7 rings (SSSR count). The maximum absolute atomic E-state index is 11.9. The number of rotatable bonds is 13. The summed E-state index contributed by atoms with van der Waals surface area (Å²) in [6.45, 7) is 4.73. The second-order valence-corrected chi connectivity index (χ2v) is 15.4. The van der Waals surface area contributed by atoms with Crippen LogP contribution in [0.1, 0.15) is 67.4 Å². The van der Waals surface area contributed by atoms with Gasteiger partial charge in [-0.05, 0) is 74.4 Å². The number of nitrogens with zero attached hydrogens (tertiary/aromatic N) is 3. The highest BCUT2D eigenvalue weighted by molar-refractivity contribution is 6.36. The summed E-state index contributed by atoms with van der Waals surface area (Å²) in [4.78, 5) is 35.1. The first-order chi connectivity index (χ1) is 26.1. The van der Waals surface area contributed by atoms with Crippen molar-refractivity contribution in [2.75, 3.05) is 33.9 Å². The number of pyridine rings is 2. The van der Waals surface area contributed by atoms with Crippen LogP contribution in [0.4, 0.5) is 0 Å². The predicted molar refractivity (Wildman–Crippen MR) is 207 cm³/mol. The van der Waals surface area contributed by atoms with Gasteiger partial charge in [0.15, 0.2) is 0 Å². The number of hydrogen-bond donors (Lipinski definition) is 3. The zero-order valence-corrected chi connectivity index (χ0v) is 32.2. The third-order valence-electron chi connectivity index (χ3n) is 10.8. The Bertz CT molecular complexity index is 2060. The van der Waals surface area contributed by atoms with Gasteiger partial charge in [0.2, 0.25) is 23.5 Å². The van der Waals surface area contributed by atoms with Crippen molar-refractivity contribution in [2.45, 2.75) is 70.7 Å². The van der Waals surface area contributed by atoms with Crippen LogP contribution in [0.25, 0.3) is 22.4 Å². The number of benzene rings is 2. The van der Waals surface area contributed by atoms with Crippen LogP contribution < -0.4 is 24.8 Å². The lowest BCUT2D eigenvalue weighted by atomic mass is 9.82. The topological polar surface area (TPSA) is 135 Å². The van der Waals surface area contributed by atoms with Gasteiger partial charge >= 0.3 is 5.97 Å². The lowest BCUT2D eigenvalue weighted by molar-refractivity contribution is -0.151. The SMILES string of the molecule is COc1nc(-c2cccc(-c3cccc4c3CC[C@@H]4Oc3nc(OC)c(CN4CCCC(C)(C(=O)O)C4)cc3Cl)c2Cl)ccc1CNC[C@@H]1CCC(=O)N1. The van der Waals surface area contributed by atoms with E-state index in [9.17, 15) is 14.7 Å². The Morgan fingerprint density at radius 1 is 0.981 bits per heavy atom. The summed E-state index contributed by atoms with van der Waals surface area (Å²) in [6.07, 6.45) is 4.08. The molecule has 2 aliphatic heterocycles. The molecule has 0 saturated carbocycles. The van der Waals surface area contributed by atoms with Crippen LogP contribution in [0.5, 0.6) is 17.6 Å². The molecule has 2 fully saturated rings. The summed E-state index contributed by atoms with van der Waals surface area (Å²) >= 11 is 14.0. The number of methoxy groups -OCH3 is 2. The number of hydrogen-bond acceptors (Lipinski definition) is 9. The zero-order valence-electron chi connectivity index (χ0n) is 30.7. The summed E-state index contributed by atoms with van der Waals surface area (Å²) in [5.41, 5.74) is 6.52. The quantitative estimate of drug-likeness (QED) is 0.128. The molecule has 13 heteroatoms. The Hall–Kier alpha value is -4.42. The minimum absolute atomic E-state index is 0.0990. The number of ether oxygens (including phenoxy) is 3. The molecule has 1 aliphatic carbocycles. The molecule has 3 atom stereocenters. The molecule has 11 nitrogen and oxygen atoms in total. The number of carbonyl (C=O) groups excluding carboxylic acids is 1. The number of aromatic nitrogens is 2. The van der Waals surface area contributed by atoms with Crippen molar-refractivity contribution in [3.63, 3.8) is 0 Å². The van der Waals surface area contributed by atoms with Gasteiger partial charge < -0.3 is 30.0 Å². The Morgan fingerprint density at radius 3 is 2.50 bits per heavy atom. The minimum Gasteiger partial charge on any atom is -0.481 e. The standard InChI is InChI=1S/C41H45Cl2N5O6/c1-41(40(50)51)17-6-18-48(23-41)22-25-19-32(42)39(47-38(25)53-3)54-34-15-13-28-27(7-4-8-29(28)34)30-9-5-10-31(36(30)43)33-14-11-24(37(46-33)52-2)20-44-21-26-12-16-35(49)45-26/h4-5,7-11,14,19,26,34,44H,6,12-13,15-18,20-23H2,1-3H3,(H,45,49)(H,50,51)/t26-,34-,41?/m0/s1. The number of aliphatic carboxylic acids is 1. The molecule has 0 bridgehead atoms. The van der Waals surface area contributed by atoms with Gasteiger partial charge in [0, 0.05) is 60.9 Å². The van der Waals surface area contributed by atoms with Gasteiger partial charge in [0.25, 0.3) is 0 Å². The molecule has 4 heterocycles. The Morgan fingerprint density at radius 2 is 1.74 bits per heavy atom. The molecular formula is C41H45Cl2N5O6. The first-order valence-corrected chi connectivity index (χ1v) is 19.1. The molecule has 54 heavy (non-hydrogen) atoms. The van der Waals surface area contributed by atoms with Crippen molar-refractivity contribution in [1.29, 1.82) is 0 Å². The molecule has 0 spiro atoms. The van der Waals surface area contributed by atoms with Gasteiger partial charge in [-0.2, -0.15) is 4.98 Å². The van der Waals surface area contributed by atoms with E-state index in [1.54, 1.807) is 21.1 Å². The first kappa shape index (κ1) is 37.9. The van der Waals surface area contributed by atoms with E-state index >= 15 is 0 Å². The van der Waals surface area contributed by atoms with Crippen LogP contribution in [0.3, 0.4) is 0 Å². The van der Waals surface area contributed by atoms with E-state index in [2.05, 4.69) is 32.7 Å². The van der Waals surface area contributed by atoms with Crippen LogP contribution in [0, 0.1) is 5.41 Å². The van der Waals surface area contributed by atoms with E-state index in [0.717, 1.165) is 71.2 Å². The largest absolute Gasteiger partial charge is 0.481 e. The number of fused-ring (bicyclic) bond motifs is 1. The fraction of sp³-hybridized carbons (Fsp3) is 0.415. The maximum Gasteiger partial charge on any atom is 0.310 e. The number of carboxylic acid groups (broad SMARTS) is 1. The highest BCUT2D eigenvalue weighted by Crippen LogP contribution is 2.45. The van der Waals surface area contributed by atoms with Gasteiger partial charge in [-0.25, -0.2) is 4.98 Å². The number of carbonyl (C=O) groups is 2. The van der Waals surface area contributed by atoms with Gasteiger partial charge in [0.05, 0.1) is 30.4 Å². The number of likely N-dealkylation sites (tertiary alicyclic amines) is 1. The molecule has 1 unspecified atom stereocenters. The van der Waals surface area contributed by atoms with E-state index in [4.69, 9.17) is 42.4 Å². The number of halogens is 2. The van der Waals surface area contributed by atoms with Crippen LogP contribution in [0.15, 0.2) is 54.6 Å². The Kier molecular flexibility index (Phi) is 11.3. The van der Waals surface area contributed by atoms with Crippen molar-refractivity contribution in [3.8, 4) is 40.0 Å². The van der Waals surface area contributed by atoms with E-state index in [1.807, 2.05) is 42.5 Å². The average Bonchev–Trinajstić information content (AvgIpc) is 3.78. The Balaban J connectivity index is 1.08. The maximum atomic E-state index is 11.9. The lowest BCUT2D eigenvalue weighted by Gasteiger charge is -2.37. The lowest BCUT2D eigenvalue weighted by Crippen LogP contribution is -2.45. The van der Waals surface area contributed by atoms with Gasteiger partial charge in [-0.3, -0.25) is 14.5 Å². The molecule has 2 saturated heterocycles. The number of carboxylic acids is 1. The van der Waals surface area contributed by atoms with E-state index in [1.165, 1.54) is 0 Å². The highest BCUT2D eigenvalue weighted by Gasteiger charge is 2.38. The minimum atomic E-state index is -0.794. The van der Waals surface area contributed by atoms with Crippen molar-refractivity contribution in [1.82, 2.24) is 25.5 Å². The van der Waals surface area contributed by atoms with E-state index in [-0.39, 0.29) is 18.1 Å². The van der Waals surface area contributed by atoms with E-state index in [0.29, 0.717) is 72.4 Å². The second-order valence-electron chi connectivity index (χ2n) is 14.6. The van der Waals surface area contributed by atoms with Crippen molar-refractivity contribution in [3.05, 3.63) is 86.9 Å². The molecule has 0 radical (unpaired) electrons. The smallest absolute Gasteiger partial charge is 0.310 e. The predicted octanol–water partition coefficient (Wildman–Crippen LogP) is 7.26. The van der Waals surface area contributed by atoms with Crippen molar-refractivity contribution >= 4 is 35.1 Å². The summed E-state index contributed by atoms with van der Waals surface area (Å²) in [6, 6.07) is 18.1. The van der Waals surface area contributed by atoms with Crippen LogP contribution >= 0.6 is 23.2 Å². The molecule has 2 aromatic carbocycles. The second kappa shape index (κ2) is 16.1. The molecule has 2 aromatic heterocycles. The summed E-state index contributed by atoms with van der Waals surface area (Å²) in [5.74, 6) is 0.527. The van der Waals surface area contributed by atoms with Crippen LogP contribution in [0.2, 0.25) is 10.0 Å². The van der Waals surface area contributed by atoms with Crippen LogP contribution in [-0.2, 0) is 29.1 Å². The zero-order chi connectivity index (χ0) is 38.0. The average molecular weight is 775 g/mol. The fourth-order valence-electron chi connectivity index (χ4n) is 7.97.